The van der Waals surface area contributed by atoms with Crippen molar-refractivity contribution in [3.8, 4) is 17.3 Å². The second kappa shape index (κ2) is 9.93. The van der Waals surface area contributed by atoms with Gasteiger partial charge in [0.2, 0.25) is 0 Å². The Morgan fingerprint density at radius 2 is 1.87 bits per heavy atom. The third-order valence-corrected chi connectivity index (χ3v) is 8.20. The summed E-state index contributed by atoms with van der Waals surface area (Å²) in [6.07, 6.45) is 3.34. The molecule has 0 spiro atoms. The first-order valence-corrected chi connectivity index (χ1v) is 13.3. The van der Waals surface area contributed by atoms with Gasteiger partial charge in [-0.3, -0.25) is 24.0 Å². The lowest BCUT2D eigenvalue weighted by Gasteiger charge is -2.24. The predicted molar refractivity (Wildman–Crippen MR) is 142 cm³/mol. The van der Waals surface area contributed by atoms with Crippen molar-refractivity contribution in [2.24, 2.45) is 0 Å². The summed E-state index contributed by atoms with van der Waals surface area (Å²) in [7, 11) is 0. The number of hydrogen-bond donors (Lipinski definition) is 1. The van der Waals surface area contributed by atoms with E-state index in [2.05, 4.69) is 16.5 Å². The third kappa shape index (κ3) is 4.51. The molecule has 3 amide bonds. The van der Waals surface area contributed by atoms with Gasteiger partial charge in [-0.1, -0.05) is 24.3 Å². The van der Waals surface area contributed by atoms with Crippen molar-refractivity contribution in [3.63, 3.8) is 0 Å². The molecule has 2 aromatic carbocycles. The first kappa shape index (κ1) is 24.7. The van der Waals surface area contributed by atoms with Gasteiger partial charge in [0.25, 0.3) is 17.7 Å². The number of thiophene rings is 1. The number of nitriles is 1. The van der Waals surface area contributed by atoms with E-state index >= 15 is 0 Å². The molecule has 4 aromatic rings. The molecule has 0 aliphatic carbocycles. The van der Waals surface area contributed by atoms with E-state index in [-0.39, 0.29) is 18.9 Å². The van der Waals surface area contributed by atoms with Crippen molar-refractivity contribution >= 4 is 29.1 Å². The number of halogens is 1. The largest absolute Gasteiger partial charge is 0.346 e. The van der Waals surface area contributed by atoms with Gasteiger partial charge in [-0.2, -0.15) is 10.4 Å². The fraction of sp³-hybridized carbons (Fsp3) is 0.207. The van der Waals surface area contributed by atoms with Crippen LogP contribution >= 0.6 is 11.3 Å². The highest BCUT2D eigenvalue weighted by Gasteiger charge is 2.37. The van der Waals surface area contributed by atoms with Gasteiger partial charge in [0.1, 0.15) is 11.9 Å². The van der Waals surface area contributed by atoms with Crippen LogP contribution in [-0.4, -0.2) is 45.0 Å². The Kier molecular flexibility index (Phi) is 6.29. The maximum Gasteiger partial charge on any atom is 0.261 e. The van der Waals surface area contributed by atoms with E-state index < -0.39 is 23.7 Å². The van der Waals surface area contributed by atoms with Crippen molar-refractivity contribution < 1.29 is 18.8 Å². The zero-order chi connectivity index (χ0) is 27.1. The Labute approximate surface area is 227 Å². The van der Waals surface area contributed by atoms with Crippen LogP contribution in [0.4, 0.5) is 4.39 Å². The highest BCUT2D eigenvalue weighted by molar-refractivity contribution is 7.14. The van der Waals surface area contributed by atoms with Crippen LogP contribution < -0.4 is 5.32 Å². The van der Waals surface area contributed by atoms with Crippen LogP contribution in [0.5, 0.6) is 0 Å². The van der Waals surface area contributed by atoms with Gasteiger partial charge in [-0.25, -0.2) is 4.39 Å². The SMILES string of the molecule is N#Cc1cnn2c1-c1cc(C(=O)N[C@@H](Cc3cccc(F)c3)CN3C(=O)c4ccccc4C3=O)sc1CCC2. The topological polar surface area (TPSA) is 108 Å². The van der Waals surface area contributed by atoms with E-state index in [0.717, 1.165) is 28.2 Å². The number of benzene rings is 2. The summed E-state index contributed by atoms with van der Waals surface area (Å²) in [5.74, 6) is -1.62. The number of imide groups is 1. The Balaban J connectivity index is 1.29. The van der Waals surface area contributed by atoms with Gasteiger partial charge in [-0.05, 0) is 55.2 Å². The molecule has 1 atom stereocenters. The molecule has 1 N–H and O–H groups in total. The molecule has 39 heavy (non-hydrogen) atoms. The monoisotopic (exact) mass is 539 g/mol. The van der Waals surface area contributed by atoms with Crippen LogP contribution in [0.3, 0.4) is 0 Å². The lowest BCUT2D eigenvalue weighted by molar-refractivity contribution is 0.0629. The van der Waals surface area contributed by atoms with Crippen molar-refractivity contribution in [3.05, 3.63) is 98.6 Å². The molecule has 4 heterocycles. The van der Waals surface area contributed by atoms with Crippen LogP contribution in [-0.2, 0) is 19.4 Å². The summed E-state index contributed by atoms with van der Waals surface area (Å²) in [4.78, 5) is 42.2. The fourth-order valence-corrected chi connectivity index (χ4v) is 6.33. The molecule has 0 bridgehead atoms. The van der Waals surface area contributed by atoms with E-state index in [1.165, 1.54) is 23.5 Å². The van der Waals surface area contributed by atoms with Crippen LogP contribution in [0.1, 0.15) is 52.8 Å². The highest BCUT2D eigenvalue weighted by Crippen LogP contribution is 2.37. The van der Waals surface area contributed by atoms with Crippen LogP contribution in [0.25, 0.3) is 11.3 Å². The van der Waals surface area contributed by atoms with Crippen LogP contribution in [0, 0.1) is 17.1 Å². The van der Waals surface area contributed by atoms with Crippen molar-refractivity contribution in [1.29, 1.82) is 5.26 Å². The molecule has 0 radical (unpaired) electrons. The molecule has 0 fully saturated rings. The quantitative estimate of drug-likeness (QED) is 0.370. The minimum atomic E-state index is -0.663. The molecule has 0 saturated heterocycles. The first-order chi connectivity index (χ1) is 18.9. The zero-order valence-electron chi connectivity index (χ0n) is 20.7. The molecule has 10 heteroatoms. The number of nitrogens with one attached hydrogen (secondary N) is 1. The summed E-state index contributed by atoms with van der Waals surface area (Å²) < 4.78 is 15.7. The van der Waals surface area contributed by atoms with E-state index in [1.54, 1.807) is 53.3 Å². The molecule has 2 aliphatic rings. The number of aromatic nitrogens is 2. The standard InChI is InChI=1S/C29H22FN5O3S/c30-19-6-3-5-17(11-19)12-20(16-34-28(37)21-7-1-2-8-22(21)29(34)38)33-27(36)25-13-23-24(39-25)9-4-10-35-26(23)18(14-31)15-32-35/h1-3,5-8,11,13,15,20H,4,9-10,12,16H2,(H,33,36)/t20-/m0/s1. The second-order valence-electron chi connectivity index (χ2n) is 9.56. The number of fused-ring (bicyclic) bond motifs is 4. The summed E-state index contributed by atoms with van der Waals surface area (Å²) in [5, 5.41) is 16.9. The highest BCUT2D eigenvalue weighted by atomic mass is 32.1. The predicted octanol–water partition coefficient (Wildman–Crippen LogP) is 4.21. The Hall–Kier alpha value is -4.62. The molecular weight excluding hydrogens is 517 g/mol. The van der Waals surface area contributed by atoms with Crippen molar-refractivity contribution in [2.75, 3.05) is 6.54 Å². The lowest BCUT2D eigenvalue weighted by Crippen LogP contribution is -2.46. The normalized spacial score (nSPS) is 14.7. The maximum absolute atomic E-state index is 13.9. The molecule has 2 aliphatic heterocycles. The van der Waals surface area contributed by atoms with Crippen LogP contribution in [0.15, 0.2) is 60.8 Å². The van der Waals surface area contributed by atoms with Gasteiger partial charge in [0.15, 0.2) is 0 Å². The Morgan fingerprint density at radius 1 is 1.10 bits per heavy atom. The minimum Gasteiger partial charge on any atom is -0.346 e. The smallest absolute Gasteiger partial charge is 0.261 e. The molecule has 194 valence electrons. The van der Waals surface area contributed by atoms with Gasteiger partial charge < -0.3 is 5.32 Å². The summed E-state index contributed by atoms with van der Waals surface area (Å²) in [5.41, 5.74) is 3.26. The maximum atomic E-state index is 13.9. The van der Waals surface area contributed by atoms with E-state index in [0.29, 0.717) is 39.4 Å². The summed E-state index contributed by atoms with van der Waals surface area (Å²) >= 11 is 1.36. The number of rotatable bonds is 6. The van der Waals surface area contributed by atoms with Crippen molar-refractivity contribution in [1.82, 2.24) is 20.0 Å². The first-order valence-electron chi connectivity index (χ1n) is 12.5. The molecule has 8 nitrogen and oxygen atoms in total. The second-order valence-corrected chi connectivity index (χ2v) is 10.7. The molecular formula is C29H22FN5O3S. The van der Waals surface area contributed by atoms with Crippen LogP contribution in [0.2, 0.25) is 0 Å². The van der Waals surface area contributed by atoms with Crippen molar-refractivity contribution in [2.45, 2.75) is 31.8 Å². The average Bonchev–Trinajstić information content (AvgIpc) is 3.57. The van der Waals surface area contributed by atoms with E-state index in [9.17, 15) is 24.0 Å². The molecule has 2 aromatic heterocycles. The Bertz CT molecular complexity index is 1650. The van der Waals surface area contributed by atoms with E-state index in [1.807, 2.05) is 0 Å². The van der Waals surface area contributed by atoms with Gasteiger partial charge in [-0.15, -0.1) is 11.3 Å². The molecule has 0 unspecified atom stereocenters. The van der Waals surface area contributed by atoms with Gasteiger partial charge in [0.05, 0.1) is 39.5 Å². The average molecular weight is 540 g/mol. The Morgan fingerprint density at radius 3 is 2.59 bits per heavy atom. The third-order valence-electron chi connectivity index (χ3n) is 7.01. The number of hydrogen-bond acceptors (Lipinski definition) is 6. The number of amides is 3. The minimum absolute atomic E-state index is 0.0644. The number of carbonyl (C=O) groups is 3. The molecule has 0 saturated carbocycles. The van der Waals surface area contributed by atoms with E-state index in [4.69, 9.17) is 0 Å². The number of aryl methyl sites for hydroxylation is 2. The van der Waals surface area contributed by atoms with Gasteiger partial charge in [0, 0.05) is 23.5 Å². The fourth-order valence-electron chi connectivity index (χ4n) is 5.23. The summed E-state index contributed by atoms with van der Waals surface area (Å²) in [6, 6.07) is 15.9. The number of nitrogens with zero attached hydrogens (tertiary/aromatic N) is 4. The number of carbonyl (C=O) groups excluding carboxylic acids is 3. The summed E-state index contributed by atoms with van der Waals surface area (Å²) in [6.45, 7) is 0.626. The molecule has 6 rings (SSSR count). The van der Waals surface area contributed by atoms with Gasteiger partial charge >= 0.3 is 0 Å². The zero-order valence-corrected chi connectivity index (χ0v) is 21.5. The lowest BCUT2D eigenvalue weighted by atomic mass is 10.0.